The van der Waals surface area contributed by atoms with E-state index in [0.717, 1.165) is 29.0 Å². The summed E-state index contributed by atoms with van der Waals surface area (Å²) in [6.45, 7) is 4.88. The number of aromatic amines is 1. The molecule has 2 aliphatic heterocycles. The number of hydrogen-bond acceptors (Lipinski definition) is 6. The van der Waals surface area contributed by atoms with Crippen molar-refractivity contribution >= 4 is 64.1 Å². The van der Waals surface area contributed by atoms with Crippen molar-refractivity contribution < 1.29 is 27.8 Å². The Morgan fingerprint density at radius 3 is 2.33 bits per heavy atom. The van der Waals surface area contributed by atoms with E-state index in [2.05, 4.69) is 0 Å². The van der Waals surface area contributed by atoms with Gasteiger partial charge in [-0.05, 0) is 53.1 Å². The number of nitrogens with zero attached hydrogens (tertiary/aromatic N) is 2. The molecule has 0 radical (unpaired) electrons. The van der Waals surface area contributed by atoms with Gasteiger partial charge < -0.3 is 24.3 Å². The molecule has 1 saturated heterocycles. The number of carbonyl (C=O) groups excluding carboxylic acids is 2. The van der Waals surface area contributed by atoms with E-state index in [1.807, 2.05) is 18.8 Å². The average Bonchev–Trinajstić information content (AvgIpc) is 3.38. The van der Waals surface area contributed by atoms with Crippen molar-refractivity contribution in [3.63, 3.8) is 0 Å². The van der Waals surface area contributed by atoms with Gasteiger partial charge in [0.05, 0.1) is 29.4 Å². The molecule has 3 heterocycles. The second-order valence-electron chi connectivity index (χ2n) is 8.95. The first-order valence-electron chi connectivity index (χ1n) is 12.8. The van der Waals surface area contributed by atoms with E-state index in [1.165, 1.54) is 12.0 Å². The zero-order chi connectivity index (χ0) is 30.8. The molecule has 8 nitrogen and oxygen atoms in total. The second kappa shape index (κ2) is 13.2. The Balaban J connectivity index is 0.00000198. The van der Waals surface area contributed by atoms with Crippen LogP contribution in [0.4, 0.5) is 14.5 Å². The molecule has 224 valence electrons. The normalized spacial score (nSPS) is 14.8. The van der Waals surface area contributed by atoms with Crippen LogP contribution in [-0.4, -0.2) is 48.6 Å². The number of fused-ring (bicyclic) bond motifs is 1. The van der Waals surface area contributed by atoms with Crippen LogP contribution in [-0.2, 0) is 28.0 Å². The van der Waals surface area contributed by atoms with Crippen LogP contribution in [0.2, 0.25) is 10.0 Å². The number of methoxy groups -OCH3 is 1. The minimum atomic E-state index is -3.89. The largest absolute Gasteiger partial charge is 0.495 e. The lowest BCUT2D eigenvalue weighted by Gasteiger charge is -2.28. The van der Waals surface area contributed by atoms with Crippen LogP contribution in [0.15, 0.2) is 51.0 Å². The SMILES string of the molecule is CC.COc1cc2c(cc1N1CCOCC1=O)CN(C(=O)c1c(Sc3c(Cl)cccc3Cl)cc(C(F)(F)Cl)[nH]c1=O)C2. The summed E-state index contributed by atoms with van der Waals surface area (Å²) in [5.41, 5.74) is -0.253. The van der Waals surface area contributed by atoms with Gasteiger partial charge in [-0.2, -0.15) is 8.78 Å². The number of alkyl halides is 3. The summed E-state index contributed by atoms with van der Waals surface area (Å²) in [5.74, 6) is -0.479. The summed E-state index contributed by atoms with van der Waals surface area (Å²) < 4.78 is 38.7. The van der Waals surface area contributed by atoms with Gasteiger partial charge in [0.2, 0.25) is 0 Å². The molecule has 1 aromatic heterocycles. The predicted molar refractivity (Wildman–Crippen MR) is 158 cm³/mol. The molecule has 3 aromatic rings. The van der Waals surface area contributed by atoms with Crippen LogP contribution in [0, 0.1) is 0 Å². The van der Waals surface area contributed by atoms with E-state index in [4.69, 9.17) is 44.3 Å². The van der Waals surface area contributed by atoms with Gasteiger partial charge in [-0.1, -0.05) is 54.9 Å². The number of benzene rings is 2. The summed E-state index contributed by atoms with van der Waals surface area (Å²) in [6, 6.07) is 9.14. The van der Waals surface area contributed by atoms with E-state index in [9.17, 15) is 23.2 Å². The lowest BCUT2D eigenvalue weighted by atomic mass is 10.1. The monoisotopic (exact) mass is 659 g/mol. The fourth-order valence-corrected chi connectivity index (χ4v) is 6.27. The Morgan fingerprint density at radius 1 is 1.10 bits per heavy atom. The van der Waals surface area contributed by atoms with Gasteiger partial charge in [0.1, 0.15) is 23.6 Å². The highest BCUT2D eigenvalue weighted by molar-refractivity contribution is 7.99. The second-order valence-corrected chi connectivity index (χ2v) is 11.3. The third-order valence-corrected chi connectivity index (χ3v) is 8.68. The molecule has 0 saturated carbocycles. The number of hydrogen-bond donors (Lipinski definition) is 1. The zero-order valence-electron chi connectivity index (χ0n) is 22.7. The molecular formula is C28H26Cl3F2N3O5S. The number of ether oxygens (including phenoxy) is 2. The van der Waals surface area contributed by atoms with Crippen molar-refractivity contribution in [1.82, 2.24) is 9.88 Å². The van der Waals surface area contributed by atoms with Crippen LogP contribution in [0.5, 0.6) is 5.75 Å². The molecule has 1 fully saturated rings. The quantitative estimate of drug-likeness (QED) is 0.297. The highest BCUT2D eigenvalue weighted by atomic mass is 35.5. The van der Waals surface area contributed by atoms with Crippen LogP contribution in [0.3, 0.4) is 0 Å². The number of rotatable bonds is 6. The molecule has 0 unspecified atom stereocenters. The molecule has 0 spiro atoms. The minimum absolute atomic E-state index is 0.0547. The summed E-state index contributed by atoms with van der Waals surface area (Å²) in [6.07, 6.45) is 0. The molecule has 2 aliphatic rings. The predicted octanol–water partition coefficient (Wildman–Crippen LogP) is 6.68. The summed E-state index contributed by atoms with van der Waals surface area (Å²) >= 11 is 18.6. The summed E-state index contributed by atoms with van der Waals surface area (Å²) in [4.78, 5) is 44.5. The lowest BCUT2D eigenvalue weighted by Crippen LogP contribution is -2.41. The van der Waals surface area contributed by atoms with E-state index in [-0.39, 0.29) is 51.0 Å². The van der Waals surface area contributed by atoms with Crippen LogP contribution < -0.4 is 15.2 Å². The number of pyridine rings is 1. The average molecular weight is 661 g/mol. The first kappa shape index (κ1) is 32.1. The number of nitrogens with one attached hydrogen (secondary N) is 1. The molecule has 0 aliphatic carbocycles. The maximum atomic E-state index is 14.0. The number of anilines is 1. The van der Waals surface area contributed by atoms with Gasteiger partial charge in [0.15, 0.2) is 0 Å². The molecule has 42 heavy (non-hydrogen) atoms. The van der Waals surface area contributed by atoms with Crippen molar-refractivity contribution in [2.45, 2.75) is 42.1 Å². The smallest absolute Gasteiger partial charge is 0.362 e. The minimum Gasteiger partial charge on any atom is -0.495 e. The van der Waals surface area contributed by atoms with Crippen molar-refractivity contribution in [3.05, 3.63) is 79.2 Å². The number of H-pyrrole nitrogens is 1. The Bertz CT molecular complexity index is 1560. The van der Waals surface area contributed by atoms with E-state index >= 15 is 0 Å². The van der Waals surface area contributed by atoms with Crippen molar-refractivity contribution in [2.75, 3.05) is 31.8 Å². The first-order chi connectivity index (χ1) is 20.0. The summed E-state index contributed by atoms with van der Waals surface area (Å²) in [5, 5.41) is -3.48. The highest BCUT2D eigenvalue weighted by Gasteiger charge is 2.35. The summed E-state index contributed by atoms with van der Waals surface area (Å²) in [7, 11) is 1.48. The number of carbonyl (C=O) groups is 2. The Kier molecular flexibility index (Phi) is 10.1. The maximum Gasteiger partial charge on any atom is 0.362 e. The standard InChI is InChI=1S/C26H20Cl3F2N3O5S.C2H6/c1-38-18-8-14-11-33(10-13(14)7-17(18)34-5-6-39-12-21(34)35)25(37)22-19(9-20(26(29,30)31)32-24(22)36)40-23-15(27)3-2-4-16(23)28;1-2/h2-4,7-9H,5-6,10-12H2,1H3,(H,32,36);1-2H3. The molecule has 2 amide bonds. The Morgan fingerprint density at radius 2 is 1.74 bits per heavy atom. The molecule has 1 N–H and O–H groups in total. The topological polar surface area (TPSA) is 91.9 Å². The van der Waals surface area contributed by atoms with Gasteiger partial charge in [-0.25, -0.2) is 0 Å². The maximum absolute atomic E-state index is 14.0. The van der Waals surface area contributed by atoms with E-state index in [0.29, 0.717) is 24.6 Å². The lowest BCUT2D eigenvalue weighted by molar-refractivity contribution is -0.125. The third kappa shape index (κ3) is 6.55. The van der Waals surface area contributed by atoms with Crippen molar-refractivity contribution in [1.29, 1.82) is 0 Å². The Hall–Kier alpha value is -2.83. The van der Waals surface area contributed by atoms with Crippen molar-refractivity contribution in [3.8, 4) is 5.75 Å². The Labute approximate surface area is 259 Å². The van der Waals surface area contributed by atoms with Crippen molar-refractivity contribution in [2.24, 2.45) is 0 Å². The van der Waals surface area contributed by atoms with E-state index < -0.39 is 22.5 Å². The number of morpholine rings is 1. The fourth-order valence-electron chi connectivity index (χ4n) is 4.53. The van der Waals surface area contributed by atoms with Crippen LogP contribution in [0.25, 0.3) is 0 Å². The molecule has 2 aromatic carbocycles. The van der Waals surface area contributed by atoms with Gasteiger partial charge in [0, 0.05) is 29.4 Å². The first-order valence-corrected chi connectivity index (χ1v) is 14.8. The number of amides is 2. The van der Waals surface area contributed by atoms with Crippen LogP contribution >= 0.6 is 46.6 Å². The highest BCUT2D eigenvalue weighted by Crippen LogP contribution is 2.42. The zero-order valence-corrected chi connectivity index (χ0v) is 25.8. The van der Waals surface area contributed by atoms with Gasteiger partial charge in [-0.15, -0.1) is 0 Å². The molecule has 0 atom stereocenters. The molecule has 5 rings (SSSR count). The third-order valence-electron chi connectivity index (χ3n) is 6.43. The van der Waals surface area contributed by atoms with Gasteiger partial charge in [-0.3, -0.25) is 14.4 Å². The fraction of sp³-hybridized carbons (Fsp3) is 0.321. The van der Waals surface area contributed by atoms with Crippen LogP contribution in [0.1, 0.15) is 41.0 Å². The van der Waals surface area contributed by atoms with Gasteiger partial charge in [0.25, 0.3) is 17.4 Å². The van der Waals surface area contributed by atoms with E-state index in [1.54, 1.807) is 35.2 Å². The van der Waals surface area contributed by atoms with Gasteiger partial charge >= 0.3 is 5.38 Å². The molecule has 14 heteroatoms. The number of halogens is 5. The molecule has 0 bridgehead atoms. The number of aromatic nitrogens is 1. The molecular weight excluding hydrogens is 635 g/mol.